The van der Waals surface area contributed by atoms with Crippen molar-refractivity contribution in [2.45, 2.75) is 31.9 Å². The number of nitrogens with one attached hydrogen (secondary N) is 1. The summed E-state index contributed by atoms with van der Waals surface area (Å²) in [6.07, 6.45) is 0.125. The van der Waals surface area contributed by atoms with Gasteiger partial charge in [-0.05, 0) is 34.2 Å². The summed E-state index contributed by atoms with van der Waals surface area (Å²) in [5.74, 6) is -0.619. The number of ether oxygens (including phenoxy) is 3. The average molecular weight is 460 g/mol. The lowest BCUT2D eigenvalue weighted by Gasteiger charge is -2.19. The highest BCUT2D eigenvalue weighted by Crippen LogP contribution is 2.44. The van der Waals surface area contributed by atoms with Crippen molar-refractivity contribution in [1.82, 2.24) is 5.32 Å². The van der Waals surface area contributed by atoms with E-state index in [9.17, 15) is 9.59 Å². The monoisotopic (exact) mass is 459 g/mol. The zero-order valence-electron chi connectivity index (χ0n) is 19.2. The molecule has 0 fully saturated rings. The summed E-state index contributed by atoms with van der Waals surface area (Å²) >= 11 is 0. The Morgan fingerprint density at radius 1 is 0.853 bits per heavy atom. The molecule has 6 heteroatoms. The van der Waals surface area contributed by atoms with Crippen molar-refractivity contribution in [3.05, 3.63) is 95.6 Å². The quantitative estimate of drug-likeness (QED) is 0.339. The molecule has 0 saturated heterocycles. The van der Waals surface area contributed by atoms with Gasteiger partial charge in [0.25, 0.3) is 0 Å². The molecule has 0 radical (unpaired) electrons. The van der Waals surface area contributed by atoms with Crippen molar-refractivity contribution in [1.29, 1.82) is 0 Å². The number of rotatable bonds is 10. The van der Waals surface area contributed by atoms with E-state index >= 15 is 0 Å². The number of hydrogen-bond acceptors (Lipinski definition) is 5. The van der Waals surface area contributed by atoms with Crippen molar-refractivity contribution in [2.75, 3.05) is 19.8 Å². The first-order valence-corrected chi connectivity index (χ1v) is 11.6. The lowest BCUT2D eigenvalue weighted by molar-refractivity contribution is -0.149. The third kappa shape index (κ3) is 5.64. The standard InChI is InChI=1S/C28H29NO5/c1-2-16-32-19-26(27(30)33-17-20-10-4-3-5-11-20)29-28(31)34-18-25-23-14-8-6-12-21(23)22-13-7-9-15-24(22)25/h3-15,25-26H,2,16-19H2,1H3,(H,29,31). The number of carbonyl (C=O) groups excluding carboxylic acids is 2. The summed E-state index contributed by atoms with van der Waals surface area (Å²) in [7, 11) is 0. The van der Waals surface area contributed by atoms with Gasteiger partial charge in [0.1, 0.15) is 13.2 Å². The van der Waals surface area contributed by atoms with Crippen LogP contribution in [0, 0.1) is 0 Å². The molecule has 176 valence electrons. The van der Waals surface area contributed by atoms with E-state index in [2.05, 4.69) is 29.6 Å². The van der Waals surface area contributed by atoms with Gasteiger partial charge in [0, 0.05) is 12.5 Å². The van der Waals surface area contributed by atoms with E-state index in [-0.39, 0.29) is 25.7 Å². The molecule has 3 aromatic rings. The fraction of sp³-hybridized carbons (Fsp3) is 0.286. The minimum absolute atomic E-state index is 0.0195. The van der Waals surface area contributed by atoms with E-state index in [4.69, 9.17) is 14.2 Å². The van der Waals surface area contributed by atoms with Gasteiger partial charge >= 0.3 is 12.1 Å². The highest BCUT2D eigenvalue weighted by molar-refractivity contribution is 5.82. The first-order chi connectivity index (χ1) is 16.7. The van der Waals surface area contributed by atoms with Gasteiger partial charge in [-0.3, -0.25) is 0 Å². The summed E-state index contributed by atoms with van der Waals surface area (Å²) in [4.78, 5) is 25.3. The van der Waals surface area contributed by atoms with E-state index in [1.165, 1.54) is 0 Å². The molecule has 1 aliphatic carbocycles. The maximum absolute atomic E-state index is 12.7. The summed E-state index contributed by atoms with van der Waals surface area (Å²) < 4.78 is 16.5. The molecule has 0 spiro atoms. The SMILES string of the molecule is CCCOCC(NC(=O)OCC1c2ccccc2-c2ccccc21)C(=O)OCc1ccccc1. The van der Waals surface area contributed by atoms with Crippen LogP contribution in [0.2, 0.25) is 0 Å². The number of amides is 1. The van der Waals surface area contributed by atoms with Crippen LogP contribution in [0.5, 0.6) is 0 Å². The second-order valence-corrected chi connectivity index (χ2v) is 8.19. The molecule has 34 heavy (non-hydrogen) atoms. The van der Waals surface area contributed by atoms with Gasteiger partial charge in [-0.1, -0.05) is 85.8 Å². The molecule has 6 nitrogen and oxygen atoms in total. The van der Waals surface area contributed by atoms with Crippen LogP contribution in [0.1, 0.15) is 36.0 Å². The van der Waals surface area contributed by atoms with Gasteiger partial charge in [0.2, 0.25) is 0 Å². The Morgan fingerprint density at radius 3 is 2.12 bits per heavy atom. The fourth-order valence-corrected chi connectivity index (χ4v) is 4.13. The molecule has 1 unspecified atom stereocenters. The predicted molar refractivity (Wildman–Crippen MR) is 129 cm³/mol. The average Bonchev–Trinajstić information content (AvgIpc) is 3.20. The van der Waals surface area contributed by atoms with E-state index in [1.807, 2.05) is 61.5 Å². The maximum Gasteiger partial charge on any atom is 0.407 e. The number of alkyl carbamates (subject to hydrolysis) is 1. The van der Waals surface area contributed by atoms with Crippen molar-refractivity contribution in [2.24, 2.45) is 0 Å². The Labute approximate surface area is 199 Å². The van der Waals surface area contributed by atoms with Crippen LogP contribution in [-0.2, 0) is 25.6 Å². The van der Waals surface area contributed by atoms with Gasteiger partial charge < -0.3 is 19.5 Å². The molecular weight excluding hydrogens is 430 g/mol. The van der Waals surface area contributed by atoms with Gasteiger partial charge in [-0.2, -0.15) is 0 Å². The molecule has 1 aliphatic rings. The summed E-state index contributed by atoms with van der Waals surface area (Å²) in [5, 5.41) is 2.62. The Morgan fingerprint density at radius 2 is 1.47 bits per heavy atom. The molecule has 0 saturated carbocycles. The van der Waals surface area contributed by atoms with Gasteiger partial charge in [-0.25, -0.2) is 9.59 Å². The topological polar surface area (TPSA) is 73.9 Å². The van der Waals surface area contributed by atoms with Crippen LogP contribution in [0.3, 0.4) is 0 Å². The molecule has 0 aliphatic heterocycles. The molecule has 3 aromatic carbocycles. The van der Waals surface area contributed by atoms with Gasteiger partial charge in [-0.15, -0.1) is 0 Å². The summed E-state index contributed by atoms with van der Waals surface area (Å²) in [6, 6.07) is 24.7. The second-order valence-electron chi connectivity index (χ2n) is 8.19. The van der Waals surface area contributed by atoms with E-state index in [1.54, 1.807) is 0 Å². The largest absolute Gasteiger partial charge is 0.459 e. The van der Waals surface area contributed by atoms with E-state index < -0.39 is 18.1 Å². The Hall–Kier alpha value is -3.64. The first kappa shape index (κ1) is 23.5. The molecular formula is C28H29NO5. The highest BCUT2D eigenvalue weighted by Gasteiger charge is 2.30. The molecule has 0 heterocycles. The second kappa shape index (κ2) is 11.5. The third-order valence-corrected chi connectivity index (χ3v) is 5.78. The lowest BCUT2D eigenvalue weighted by atomic mass is 9.98. The van der Waals surface area contributed by atoms with Crippen molar-refractivity contribution < 1.29 is 23.8 Å². The number of fused-ring (bicyclic) bond motifs is 3. The van der Waals surface area contributed by atoms with Crippen LogP contribution >= 0.6 is 0 Å². The van der Waals surface area contributed by atoms with Crippen LogP contribution < -0.4 is 5.32 Å². The van der Waals surface area contributed by atoms with E-state index in [0.717, 1.165) is 34.2 Å². The summed E-state index contributed by atoms with van der Waals surface area (Å²) in [5.41, 5.74) is 5.43. The van der Waals surface area contributed by atoms with Crippen LogP contribution in [0.25, 0.3) is 11.1 Å². The maximum atomic E-state index is 12.7. The van der Waals surface area contributed by atoms with Crippen LogP contribution in [0.4, 0.5) is 4.79 Å². The molecule has 0 bridgehead atoms. The fourth-order valence-electron chi connectivity index (χ4n) is 4.13. The zero-order valence-corrected chi connectivity index (χ0v) is 19.2. The Bertz CT molecular complexity index is 1070. The van der Waals surface area contributed by atoms with Crippen LogP contribution in [-0.4, -0.2) is 37.9 Å². The van der Waals surface area contributed by atoms with Crippen molar-refractivity contribution in [3.63, 3.8) is 0 Å². The third-order valence-electron chi connectivity index (χ3n) is 5.78. The number of esters is 1. The van der Waals surface area contributed by atoms with Crippen LogP contribution in [0.15, 0.2) is 78.9 Å². The molecule has 1 N–H and O–H groups in total. The van der Waals surface area contributed by atoms with Crippen molar-refractivity contribution >= 4 is 12.1 Å². The molecule has 0 aromatic heterocycles. The Balaban J connectivity index is 1.37. The smallest absolute Gasteiger partial charge is 0.407 e. The number of hydrogen-bond donors (Lipinski definition) is 1. The van der Waals surface area contributed by atoms with Gasteiger partial charge in [0.05, 0.1) is 6.61 Å². The minimum Gasteiger partial charge on any atom is -0.459 e. The van der Waals surface area contributed by atoms with E-state index in [0.29, 0.717) is 6.61 Å². The first-order valence-electron chi connectivity index (χ1n) is 11.6. The zero-order chi connectivity index (χ0) is 23.8. The molecule has 1 atom stereocenters. The van der Waals surface area contributed by atoms with Gasteiger partial charge in [0.15, 0.2) is 6.04 Å². The lowest BCUT2D eigenvalue weighted by Crippen LogP contribution is -2.45. The molecule has 4 rings (SSSR count). The number of benzene rings is 3. The normalized spacial score (nSPS) is 13.0. The number of carbonyl (C=O) groups is 2. The summed E-state index contributed by atoms with van der Waals surface area (Å²) in [6.45, 7) is 2.76. The predicted octanol–water partition coefficient (Wildman–Crippen LogP) is 5.06. The van der Waals surface area contributed by atoms with Crippen molar-refractivity contribution in [3.8, 4) is 11.1 Å². The molecule has 1 amide bonds. The minimum atomic E-state index is -0.953. The highest BCUT2D eigenvalue weighted by atomic mass is 16.6. The Kier molecular flexibility index (Phi) is 7.94.